The van der Waals surface area contributed by atoms with E-state index in [1.807, 2.05) is 13.8 Å². The van der Waals surface area contributed by atoms with E-state index in [1.54, 1.807) is 7.11 Å². The second-order valence-corrected chi connectivity index (χ2v) is 5.06. The maximum Gasteiger partial charge on any atom is 0.338 e. The van der Waals surface area contributed by atoms with Gasteiger partial charge in [0, 0.05) is 12.5 Å². The molecule has 19 heavy (non-hydrogen) atoms. The van der Waals surface area contributed by atoms with Gasteiger partial charge in [-0.3, -0.25) is 0 Å². The molecule has 5 heteroatoms. The fourth-order valence-electron chi connectivity index (χ4n) is 1.53. The van der Waals surface area contributed by atoms with E-state index in [9.17, 15) is 9.59 Å². The molecule has 1 rings (SSSR count). The summed E-state index contributed by atoms with van der Waals surface area (Å²) in [5.41, 5.74) is 0.209. The molecule has 0 amide bonds. The van der Waals surface area contributed by atoms with Crippen molar-refractivity contribution < 1.29 is 24.2 Å². The molecule has 0 heterocycles. The number of hydrogen-bond acceptors (Lipinski definition) is 4. The normalized spacial score (nSPS) is 11.1. The predicted octanol–water partition coefficient (Wildman–Crippen LogP) is 2.21. The van der Waals surface area contributed by atoms with Gasteiger partial charge in [0.15, 0.2) is 0 Å². The van der Waals surface area contributed by atoms with Crippen LogP contribution in [0.3, 0.4) is 0 Å². The zero-order valence-electron chi connectivity index (χ0n) is 11.3. The average Bonchev–Trinajstić information content (AvgIpc) is 2.36. The molecular weight excluding hydrogens is 248 g/mol. The van der Waals surface area contributed by atoms with Gasteiger partial charge in [0.05, 0.1) is 24.3 Å². The summed E-state index contributed by atoms with van der Waals surface area (Å²) in [6.07, 6.45) is 0. The molecule has 1 aromatic rings. The topological polar surface area (TPSA) is 72.8 Å². The molecule has 0 saturated heterocycles. The minimum Gasteiger partial charge on any atom is -0.478 e. The van der Waals surface area contributed by atoms with Crippen molar-refractivity contribution in [2.24, 2.45) is 5.41 Å². The van der Waals surface area contributed by atoms with E-state index < -0.39 is 11.9 Å². The van der Waals surface area contributed by atoms with Crippen LogP contribution >= 0.6 is 0 Å². The molecule has 0 aliphatic carbocycles. The summed E-state index contributed by atoms with van der Waals surface area (Å²) in [5.74, 6) is -1.50. The van der Waals surface area contributed by atoms with E-state index >= 15 is 0 Å². The van der Waals surface area contributed by atoms with Crippen LogP contribution in [-0.2, 0) is 9.47 Å². The van der Waals surface area contributed by atoms with Crippen LogP contribution in [0.1, 0.15) is 34.6 Å². The molecule has 0 aliphatic rings. The standard InChI is InChI=1S/C14H18O5/c1-14(2,8-18-3)9-19-13(17)11-6-4-10(5-7-11)12(15)16/h4-7H,8-9H2,1-3H3,(H,15,16). The molecule has 5 nitrogen and oxygen atoms in total. The third-order valence-electron chi connectivity index (χ3n) is 2.50. The number of carboxylic acids is 1. The lowest BCUT2D eigenvalue weighted by Crippen LogP contribution is -2.26. The fourth-order valence-corrected chi connectivity index (χ4v) is 1.53. The Morgan fingerprint density at radius 3 is 2.11 bits per heavy atom. The Bertz CT molecular complexity index is 447. The Balaban J connectivity index is 2.61. The Morgan fingerprint density at radius 1 is 1.11 bits per heavy atom. The highest BCUT2D eigenvalue weighted by atomic mass is 16.5. The van der Waals surface area contributed by atoms with Gasteiger partial charge in [-0.05, 0) is 24.3 Å². The first-order valence-electron chi connectivity index (χ1n) is 5.85. The molecule has 104 valence electrons. The average molecular weight is 266 g/mol. The Labute approximate surface area is 112 Å². The van der Waals surface area contributed by atoms with Gasteiger partial charge in [-0.1, -0.05) is 13.8 Å². The van der Waals surface area contributed by atoms with Crippen molar-refractivity contribution in [3.63, 3.8) is 0 Å². The van der Waals surface area contributed by atoms with Crippen molar-refractivity contribution in [3.8, 4) is 0 Å². The molecule has 0 bridgehead atoms. The van der Waals surface area contributed by atoms with E-state index in [2.05, 4.69) is 0 Å². The Hall–Kier alpha value is -1.88. The number of carbonyl (C=O) groups is 2. The van der Waals surface area contributed by atoms with Crippen LogP contribution in [0.2, 0.25) is 0 Å². The number of aromatic carboxylic acids is 1. The fraction of sp³-hybridized carbons (Fsp3) is 0.429. The zero-order valence-corrected chi connectivity index (χ0v) is 11.3. The number of carboxylic acid groups (broad SMARTS) is 1. The van der Waals surface area contributed by atoms with Crippen LogP contribution in [0.25, 0.3) is 0 Å². The smallest absolute Gasteiger partial charge is 0.338 e. The number of carbonyl (C=O) groups excluding carboxylic acids is 1. The number of ether oxygens (including phenoxy) is 2. The monoisotopic (exact) mass is 266 g/mol. The van der Waals surface area contributed by atoms with Crippen LogP contribution in [0.15, 0.2) is 24.3 Å². The summed E-state index contributed by atoms with van der Waals surface area (Å²) in [7, 11) is 1.59. The van der Waals surface area contributed by atoms with Crippen molar-refractivity contribution in [1.82, 2.24) is 0 Å². The first kappa shape index (κ1) is 15.2. The predicted molar refractivity (Wildman–Crippen MR) is 69.3 cm³/mol. The van der Waals surface area contributed by atoms with Crippen molar-refractivity contribution in [2.45, 2.75) is 13.8 Å². The maximum atomic E-state index is 11.8. The molecule has 0 atom stereocenters. The van der Waals surface area contributed by atoms with E-state index in [0.717, 1.165) is 0 Å². The summed E-state index contributed by atoms with van der Waals surface area (Å²) in [6.45, 7) is 4.58. The highest BCUT2D eigenvalue weighted by Crippen LogP contribution is 2.16. The molecule has 0 unspecified atom stereocenters. The van der Waals surface area contributed by atoms with E-state index in [1.165, 1.54) is 24.3 Å². The zero-order chi connectivity index (χ0) is 14.5. The minimum absolute atomic E-state index is 0.135. The highest BCUT2D eigenvalue weighted by Gasteiger charge is 2.20. The maximum absolute atomic E-state index is 11.8. The summed E-state index contributed by atoms with van der Waals surface area (Å²) in [5, 5.41) is 8.75. The highest BCUT2D eigenvalue weighted by molar-refractivity contribution is 5.92. The third-order valence-corrected chi connectivity index (χ3v) is 2.50. The molecular formula is C14H18O5. The second-order valence-electron chi connectivity index (χ2n) is 5.06. The summed E-state index contributed by atoms with van der Waals surface area (Å²) < 4.78 is 10.2. The van der Waals surface area contributed by atoms with Crippen LogP contribution in [0, 0.1) is 5.41 Å². The summed E-state index contributed by atoms with van der Waals surface area (Å²) in [4.78, 5) is 22.4. The van der Waals surface area contributed by atoms with Gasteiger partial charge in [-0.25, -0.2) is 9.59 Å². The van der Waals surface area contributed by atoms with Crippen LogP contribution in [0.5, 0.6) is 0 Å². The van der Waals surface area contributed by atoms with Gasteiger partial charge in [-0.2, -0.15) is 0 Å². The molecule has 1 aromatic carbocycles. The molecule has 0 spiro atoms. The van der Waals surface area contributed by atoms with E-state index in [4.69, 9.17) is 14.6 Å². The molecule has 0 fully saturated rings. The summed E-state index contributed by atoms with van der Waals surface area (Å²) >= 11 is 0. The van der Waals surface area contributed by atoms with Crippen LogP contribution in [0.4, 0.5) is 0 Å². The lowest BCUT2D eigenvalue weighted by Gasteiger charge is -2.22. The van der Waals surface area contributed by atoms with E-state index in [0.29, 0.717) is 12.2 Å². The number of hydrogen-bond donors (Lipinski definition) is 1. The lowest BCUT2D eigenvalue weighted by molar-refractivity contribution is 0.0136. The van der Waals surface area contributed by atoms with Gasteiger partial charge < -0.3 is 14.6 Å². The van der Waals surface area contributed by atoms with Gasteiger partial charge in [0.1, 0.15) is 0 Å². The molecule has 0 aromatic heterocycles. The Kier molecular flexibility index (Phi) is 5.06. The molecule has 0 radical (unpaired) electrons. The van der Waals surface area contributed by atoms with Gasteiger partial charge in [0.25, 0.3) is 0 Å². The van der Waals surface area contributed by atoms with Crippen molar-refractivity contribution >= 4 is 11.9 Å². The van der Waals surface area contributed by atoms with Crippen LogP contribution in [-0.4, -0.2) is 37.4 Å². The second kappa shape index (κ2) is 6.33. The Morgan fingerprint density at radius 2 is 1.63 bits per heavy atom. The van der Waals surface area contributed by atoms with Crippen molar-refractivity contribution in [1.29, 1.82) is 0 Å². The van der Waals surface area contributed by atoms with Crippen molar-refractivity contribution in [2.75, 3.05) is 20.3 Å². The van der Waals surface area contributed by atoms with Crippen LogP contribution < -0.4 is 0 Å². The van der Waals surface area contributed by atoms with E-state index in [-0.39, 0.29) is 17.6 Å². The van der Waals surface area contributed by atoms with Crippen molar-refractivity contribution in [3.05, 3.63) is 35.4 Å². The first-order chi connectivity index (χ1) is 8.85. The summed E-state index contributed by atoms with van der Waals surface area (Å²) in [6, 6.07) is 5.63. The lowest BCUT2D eigenvalue weighted by atomic mass is 9.96. The largest absolute Gasteiger partial charge is 0.478 e. The van der Waals surface area contributed by atoms with Gasteiger partial charge in [0.2, 0.25) is 0 Å². The third kappa shape index (κ3) is 4.71. The molecule has 0 aliphatic heterocycles. The van der Waals surface area contributed by atoms with Gasteiger partial charge in [-0.15, -0.1) is 0 Å². The number of esters is 1. The SMILES string of the molecule is COCC(C)(C)COC(=O)c1ccc(C(=O)O)cc1. The minimum atomic E-state index is -1.03. The quantitative estimate of drug-likeness (QED) is 0.799. The molecule has 0 saturated carbocycles. The number of methoxy groups -OCH3 is 1. The number of rotatable bonds is 6. The molecule has 1 N–H and O–H groups in total. The van der Waals surface area contributed by atoms with Gasteiger partial charge >= 0.3 is 11.9 Å². The first-order valence-corrected chi connectivity index (χ1v) is 5.85. The number of benzene rings is 1.